The van der Waals surface area contributed by atoms with Crippen LogP contribution in [0.2, 0.25) is 0 Å². The Labute approximate surface area is 172 Å². The predicted molar refractivity (Wildman–Crippen MR) is 116 cm³/mol. The molecule has 144 valence electrons. The number of anilines is 2. The first-order valence-electron chi connectivity index (χ1n) is 9.09. The van der Waals surface area contributed by atoms with Gasteiger partial charge < -0.3 is 5.32 Å². The lowest BCUT2D eigenvalue weighted by Gasteiger charge is -2.06. The minimum Gasteiger partial charge on any atom is -0.305 e. The van der Waals surface area contributed by atoms with Gasteiger partial charge in [-0.3, -0.25) is 5.32 Å². The van der Waals surface area contributed by atoms with E-state index in [1.165, 1.54) is 34.6 Å². The van der Waals surface area contributed by atoms with Gasteiger partial charge >= 0.3 is 6.03 Å². The molecule has 6 heteroatoms. The van der Waals surface area contributed by atoms with Gasteiger partial charge in [-0.15, -0.1) is 11.3 Å². The Bertz CT molecular complexity index is 1110. The number of para-hydroxylation sites is 1. The molecule has 0 fully saturated rings. The van der Waals surface area contributed by atoms with E-state index in [4.69, 9.17) is 0 Å². The van der Waals surface area contributed by atoms with Crippen molar-refractivity contribution in [3.05, 3.63) is 101 Å². The number of nitrogens with zero attached hydrogens (tertiary/aromatic N) is 1. The molecule has 0 aliphatic heterocycles. The van der Waals surface area contributed by atoms with Crippen molar-refractivity contribution in [1.29, 1.82) is 0 Å². The van der Waals surface area contributed by atoms with Gasteiger partial charge in [-0.05, 0) is 29.7 Å². The molecule has 0 unspecified atom stereocenters. The quantitative estimate of drug-likeness (QED) is 0.418. The molecular weight excluding hydrogens is 385 g/mol. The highest BCUT2D eigenvalue weighted by molar-refractivity contribution is 7.14. The van der Waals surface area contributed by atoms with Crippen molar-refractivity contribution >= 4 is 28.2 Å². The minimum absolute atomic E-state index is 0.121. The largest absolute Gasteiger partial charge is 0.325 e. The van der Waals surface area contributed by atoms with Crippen LogP contribution in [0.25, 0.3) is 11.3 Å². The fraction of sp³-hybridized carbons (Fsp3) is 0.0435. The van der Waals surface area contributed by atoms with Gasteiger partial charge in [0.2, 0.25) is 0 Å². The predicted octanol–water partition coefficient (Wildman–Crippen LogP) is 6.18. The third-order valence-corrected chi connectivity index (χ3v) is 5.11. The van der Waals surface area contributed by atoms with Crippen molar-refractivity contribution in [2.45, 2.75) is 6.42 Å². The fourth-order valence-electron chi connectivity index (χ4n) is 2.90. The summed E-state index contributed by atoms with van der Waals surface area (Å²) in [4.78, 5) is 16.5. The first-order valence-corrected chi connectivity index (χ1v) is 9.96. The number of urea groups is 1. The lowest BCUT2D eigenvalue weighted by molar-refractivity contribution is 0.262. The summed E-state index contributed by atoms with van der Waals surface area (Å²) in [5.41, 5.74) is 4.36. The van der Waals surface area contributed by atoms with E-state index in [9.17, 15) is 9.18 Å². The number of nitrogens with one attached hydrogen (secondary N) is 2. The number of halogens is 1. The molecule has 1 aromatic heterocycles. The van der Waals surface area contributed by atoms with Gasteiger partial charge in [0.25, 0.3) is 0 Å². The second-order valence-corrected chi connectivity index (χ2v) is 7.31. The number of carbonyl (C=O) groups is 1. The molecule has 0 saturated carbocycles. The maximum atomic E-state index is 13.6. The molecule has 0 bridgehead atoms. The second kappa shape index (κ2) is 8.67. The van der Waals surface area contributed by atoms with Crippen LogP contribution in [0, 0.1) is 5.82 Å². The summed E-state index contributed by atoms with van der Waals surface area (Å²) in [7, 11) is 0. The minimum atomic E-state index is -0.533. The van der Waals surface area contributed by atoms with Crippen LogP contribution in [0.4, 0.5) is 20.0 Å². The maximum Gasteiger partial charge on any atom is 0.325 e. The van der Waals surface area contributed by atoms with Crippen molar-refractivity contribution in [1.82, 2.24) is 4.98 Å². The molecule has 4 rings (SSSR count). The standard InChI is InChI=1S/C23H18FN3OS/c24-19-8-4-5-9-20(19)25-22(28)27-23-26-21(15-29-23)18-12-10-17(11-13-18)14-16-6-2-1-3-7-16/h1-13,15H,14H2,(H2,25,26,27,28). The molecule has 0 radical (unpaired) electrons. The summed E-state index contributed by atoms with van der Waals surface area (Å²) >= 11 is 1.32. The number of rotatable bonds is 5. The number of aromatic nitrogens is 1. The van der Waals surface area contributed by atoms with Gasteiger partial charge in [-0.1, -0.05) is 66.7 Å². The Balaban J connectivity index is 1.39. The summed E-state index contributed by atoms with van der Waals surface area (Å²) in [6.45, 7) is 0. The summed E-state index contributed by atoms with van der Waals surface area (Å²) in [5.74, 6) is -0.488. The van der Waals surface area contributed by atoms with Crippen LogP contribution in [0.1, 0.15) is 11.1 Å². The Kier molecular flexibility index (Phi) is 5.63. The molecule has 2 amide bonds. The van der Waals surface area contributed by atoms with E-state index in [0.29, 0.717) is 5.13 Å². The van der Waals surface area contributed by atoms with Crippen LogP contribution in [0.5, 0.6) is 0 Å². The lowest BCUT2D eigenvalue weighted by atomic mass is 10.0. The van der Waals surface area contributed by atoms with Gasteiger partial charge in [0, 0.05) is 10.9 Å². The Morgan fingerprint density at radius 2 is 1.55 bits per heavy atom. The third kappa shape index (κ3) is 4.86. The molecule has 3 aromatic carbocycles. The smallest absolute Gasteiger partial charge is 0.305 e. The summed E-state index contributed by atoms with van der Waals surface area (Å²) in [6.07, 6.45) is 0.876. The van der Waals surface area contributed by atoms with Gasteiger partial charge in [-0.2, -0.15) is 0 Å². The van der Waals surface area contributed by atoms with Gasteiger partial charge in [-0.25, -0.2) is 14.2 Å². The molecule has 0 aliphatic carbocycles. The Morgan fingerprint density at radius 1 is 0.862 bits per heavy atom. The molecule has 4 nitrogen and oxygen atoms in total. The van der Waals surface area contributed by atoms with Crippen molar-refractivity contribution in [3.8, 4) is 11.3 Å². The van der Waals surface area contributed by atoms with E-state index in [1.54, 1.807) is 12.1 Å². The monoisotopic (exact) mass is 403 g/mol. The third-order valence-electron chi connectivity index (χ3n) is 4.35. The van der Waals surface area contributed by atoms with Crippen LogP contribution in [0.15, 0.2) is 84.2 Å². The summed E-state index contributed by atoms with van der Waals surface area (Å²) < 4.78 is 13.6. The summed E-state index contributed by atoms with van der Waals surface area (Å²) in [5, 5.41) is 7.45. The number of carbonyl (C=O) groups excluding carboxylic acids is 1. The van der Waals surface area contributed by atoms with Crippen LogP contribution in [0.3, 0.4) is 0 Å². The highest BCUT2D eigenvalue weighted by Crippen LogP contribution is 2.26. The van der Waals surface area contributed by atoms with E-state index in [2.05, 4.69) is 39.9 Å². The lowest BCUT2D eigenvalue weighted by Crippen LogP contribution is -2.19. The normalized spacial score (nSPS) is 10.5. The maximum absolute atomic E-state index is 13.6. The zero-order valence-corrected chi connectivity index (χ0v) is 16.2. The van der Waals surface area contributed by atoms with E-state index in [1.807, 2.05) is 35.7 Å². The number of thiazole rings is 1. The zero-order valence-electron chi connectivity index (χ0n) is 15.4. The molecule has 0 atom stereocenters. The molecule has 29 heavy (non-hydrogen) atoms. The molecule has 4 aromatic rings. The first-order chi connectivity index (χ1) is 14.2. The zero-order chi connectivity index (χ0) is 20.1. The van der Waals surface area contributed by atoms with Crippen molar-refractivity contribution in [2.75, 3.05) is 10.6 Å². The van der Waals surface area contributed by atoms with Crippen LogP contribution < -0.4 is 10.6 Å². The molecule has 0 spiro atoms. The average molecular weight is 403 g/mol. The van der Waals surface area contributed by atoms with Gasteiger partial charge in [0.15, 0.2) is 5.13 Å². The number of benzene rings is 3. The fourth-order valence-corrected chi connectivity index (χ4v) is 3.62. The Hall–Kier alpha value is -3.51. The molecule has 0 saturated heterocycles. The van der Waals surface area contributed by atoms with Gasteiger partial charge in [0.1, 0.15) is 5.82 Å². The number of hydrogen-bond donors (Lipinski definition) is 2. The summed E-state index contributed by atoms with van der Waals surface area (Å²) in [6, 6.07) is 24.0. The molecular formula is C23H18FN3OS. The molecule has 2 N–H and O–H groups in total. The molecule has 0 aliphatic rings. The SMILES string of the molecule is O=C(Nc1nc(-c2ccc(Cc3ccccc3)cc2)cs1)Nc1ccccc1F. The average Bonchev–Trinajstić information content (AvgIpc) is 3.19. The number of amides is 2. The van der Waals surface area contributed by atoms with Crippen molar-refractivity contribution < 1.29 is 9.18 Å². The van der Waals surface area contributed by atoms with E-state index in [0.717, 1.165) is 17.7 Å². The first kappa shape index (κ1) is 18.8. The van der Waals surface area contributed by atoms with Crippen LogP contribution >= 0.6 is 11.3 Å². The van der Waals surface area contributed by atoms with Crippen molar-refractivity contribution in [3.63, 3.8) is 0 Å². The second-order valence-electron chi connectivity index (χ2n) is 6.46. The van der Waals surface area contributed by atoms with Crippen molar-refractivity contribution in [2.24, 2.45) is 0 Å². The Morgan fingerprint density at radius 3 is 2.31 bits per heavy atom. The number of hydrogen-bond acceptors (Lipinski definition) is 3. The highest BCUT2D eigenvalue weighted by Gasteiger charge is 2.10. The van der Waals surface area contributed by atoms with E-state index in [-0.39, 0.29) is 5.69 Å². The van der Waals surface area contributed by atoms with Gasteiger partial charge in [0.05, 0.1) is 11.4 Å². The van der Waals surface area contributed by atoms with E-state index >= 15 is 0 Å². The van der Waals surface area contributed by atoms with Crippen LogP contribution in [-0.2, 0) is 6.42 Å². The topological polar surface area (TPSA) is 54.0 Å². The highest BCUT2D eigenvalue weighted by atomic mass is 32.1. The van der Waals surface area contributed by atoms with Crippen LogP contribution in [-0.4, -0.2) is 11.0 Å². The molecule has 1 heterocycles. The van der Waals surface area contributed by atoms with E-state index < -0.39 is 11.8 Å².